The Labute approximate surface area is 216 Å². The quantitative estimate of drug-likeness (QED) is 0.358. The van der Waals surface area contributed by atoms with Gasteiger partial charge in [-0.15, -0.1) is 0 Å². The number of aryl methyl sites for hydroxylation is 1. The van der Waals surface area contributed by atoms with Crippen LogP contribution in [0.25, 0.3) is 0 Å². The molecule has 0 aliphatic carbocycles. The van der Waals surface area contributed by atoms with Crippen LogP contribution in [0.3, 0.4) is 0 Å². The predicted molar refractivity (Wildman–Crippen MR) is 139 cm³/mol. The number of benzene rings is 3. The second-order valence-electron chi connectivity index (χ2n) is 8.18. The Morgan fingerprint density at radius 2 is 1.62 bits per heavy atom. The molecule has 0 aliphatic rings. The molecule has 37 heavy (non-hydrogen) atoms. The van der Waals surface area contributed by atoms with E-state index < -0.39 is 17.3 Å². The topological polar surface area (TPSA) is 134 Å². The molecule has 0 spiro atoms. The minimum absolute atomic E-state index is 0.0343. The summed E-state index contributed by atoms with van der Waals surface area (Å²) in [5.74, 6) is 5.85. The highest BCUT2D eigenvalue weighted by molar-refractivity contribution is 6.30. The van der Waals surface area contributed by atoms with Crippen molar-refractivity contribution in [3.63, 3.8) is 0 Å². The van der Waals surface area contributed by atoms with Gasteiger partial charge in [0, 0.05) is 11.6 Å². The Bertz CT molecular complexity index is 1650. The molecular weight excluding hydrogens is 498 g/mol. The van der Waals surface area contributed by atoms with Gasteiger partial charge in [-0.2, -0.15) is 4.68 Å². The van der Waals surface area contributed by atoms with Gasteiger partial charge in [-0.3, -0.25) is 4.57 Å². The van der Waals surface area contributed by atoms with Crippen LogP contribution in [0.1, 0.15) is 28.4 Å². The molecule has 0 unspecified atom stereocenters. The van der Waals surface area contributed by atoms with Gasteiger partial charge >= 0.3 is 17.3 Å². The maximum absolute atomic E-state index is 13.1. The third kappa shape index (κ3) is 5.49. The molecule has 0 aliphatic heterocycles. The molecule has 3 N–H and O–H groups in total. The lowest BCUT2D eigenvalue weighted by molar-refractivity contribution is 0.0695. The van der Waals surface area contributed by atoms with E-state index in [0.29, 0.717) is 27.8 Å². The highest BCUT2D eigenvalue weighted by Gasteiger charge is 2.13. The third-order valence-corrected chi connectivity index (χ3v) is 5.92. The first-order valence-electron chi connectivity index (χ1n) is 11.3. The lowest BCUT2D eigenvalue weighted by Crippen LogP contribution is -2.57. The van der Waals surface area contributed by atoms with Gasteiger partial charge < -0.3 is 15.7 Å². The SMILES string of the molecule is CCn1c(=O)n(N)c(=Nc2ccc(Oc3ccc(C)c(C(=O)O)c3)cc2)n(Cc2ccc(Cl)cc2)c1=O. The number of aromatic nitrogens is 3. The number of ether oxygens (including phenoxy) is 1. The maximum Gasteiger partial charge on any atom is 0.353 e. The molecule has 4 aromatic rings. The lowest BCUT2D eigenvalue weighted by Gasteiger charge is -2.13. The molecule has 0 amide bonds. The standard InChI is InChI=1S/C26H24ClN5O5/c1-3-30-25(35)31(15-17-5-7-18(27)8-6-17)24(32(28)26(30)36)29-19-9-12-20(13-10-19)37-21-11-4-16(2)22(14-21)23(33)34/h4-14H,3,15,28H2,1-2H3,(H,33,34). The van der Waals surface area contributed by atoms with E-state index in [-0.39, 0.29) is 24.3 Å². The maximum atomic E-state index is 13.1. The number of halogens is 1. The van der Waals surface area contributed by atoms with E-state index in [9.17, 15) is 19.5 Å². The van der Waals surface area contributed by atoms with Crippen molar-refractivity contribution in [2.24, 2.45) is 4.99 Å². The molecule has 10 nitrogen and oxygen atoms in total. The molecule has 190 valence electrons. The van der Waals surface area contributed by atoms with Crippen molar-refractivity contribution in [2.45, 2.75) is 26.9 Å². The average molecular weight is 522 g/mol. The zero-order valence-electron chi connectivity index (χ0n) is 20.1. The number of nitrogens with zero attached hydrogens (tertiary/aromatic N) is 4. The predicted octanol–water partition coefficient (Wildman–Crippen LogP) is 3.28. The van der Waals surface area contributed by atoms with Crippen LogP contribution in [0, 0.1) is 6.92 Å². The van der Waals surface area contributed by atoms with Crippen LogP contribution in [-0.4, -0.2) is 24.9 Å². The normalized spacial score (nSPS) is 11.5. The summed E-state index contributed by atoms with van der Waals surface area (Å²) in [6.45, 7) is 3.65. The molecule has 3 aromatic carbocycles. The van der Waals surface area contributed by atoms with Gasteiger partial charge in [-0.25, -0.2) is 23.9 Å². The van der Waals surface area contributed by atoms with Crippen molar-refractivity contribution in [3.8, 4) is 11.5 Å². The number of rotatable bonds is 7. The van der Waals surface area contributed by atoms with Gasteiger partial charge in [0.25, 0.3) is 0 Å². The summed E-state index contributed by atoms with van der Waals surface area (Å²) in [5, 5.41) is 9.88. The van der Waals surface area contributed by atoms with Crippen molar-refractivity contribution in [3.05, 3.63) is 115 Å². The van der Waals surface area contributed by atoms with E-state index in [4.69, 9.17) is 22.2 Å². The zero-order chi connectivity index (χ0) is 26.7. The van der Waals surface area contributed by atoms with Crippen LogP contribution in [-0.2, 0) is 13.1 Å². The molecule has 0 fully saturated rings. The van der Waals surface area contributed by atoms with Gasteiger partial charge in [0.15, 0.2) is 0 Å². The molecule has 0 atom stereocenters. The molecule has 1 aromatic heterocycles. The summed E-state index contributed by atoms with van der Waals surface area (Å²) in [6, 6.07) is 18.3. The fraction of sp³-hybridized carbons (Fsp3) is 0.154. The molecule has 0 radical (unpaired) electrons. The summed E-state index contributed by atoms with van der Waals surface area (Å²) in [5.41, 5.74) is 0.693. The number of nitrogens with two attached hydrogens (primary N) is 1. The first-order valence-corrected chi connectivity index (χ1v) is 11.7. The van der Waals surface area contributed by atoms with E-state index in [1.54, 1.807) is 74.5 Å². The van der Waals surface area contributed by atoms with Gasteiger partial charge in [0.2, 0.25) is 5.62 Å². The summed E-state index contributed by atoms with van der Waals surface area (Å²) >= 11 is 5.98. The molecule has 0 saturated heterocycles. The lowest BCUT2D eigenvalue weighted by atomic mass is 10.1. The zero-order valence-corrected chi connectivity index (χ0v) is 20.8. The average Bonchev–Trinajstić information content (AvgIpc) is 2.88. The van der Waals surface area contributed by atoms with E-state index in [2.05, 4.69) is 4.99 Å². The van der Waals surface area contributed by atoms with Crippen LogP contribution in [0.5, 0.6) is 11.5 Å². The summed E-state index contributed by atoms with van der Waals surface area (Å²) in [7, 11) is 0. The second kappa shape index (κ2) is 10.6. The van der Waals surface area contributed by atoms with Crippen LogP contribution in [0.2, 0.25) is 5.02 Å². The minimum atomic E-state index is -1.04. The Balaban J connectivity index is 1.73. The molecule has 1 heterocycles. The van der Waals surface area contributed by atoms with E-state index in [0.717, 1.165) is 14.8 Å². The van der Waals surface area contributed by atoms with Crippen LogP contribution in [0.4, 0.5) is 5.69 Å². The van der Waals surface area contributed by atoms with Gasteiger partial charge in [-0.05, 0) is 73.5 Å². The molecule has 4 rings (SSSR count). The van der Waals surface area contributed by atoms with Crippen molar-refractivity contribution in [2.75, 3.05) is 5.84 Å². The molecule has 0 saturated carbocycles. The number of hydrogen-bond donors (Lipinski definition) is 2. The highest BCUT2D eigenvalue weighted by Crippen LogP contribution is 2.26. The fourth-order valence-corrected chi connectivity index (χ4v) is 3.82. The first kappa shape index (κ1) is 25.5. The van der Waals surface area contributed by atoms with Crippen LogP contribution < -0.4 is 27.6 Å². The number of hydrogen-bond acceptors (Lipinski definition) is 6. The Morgan fingerprint density at radius 1 is 0.973 bits per heavy atom. The molecule has 0 bridgehead atoms. The van der Waals surface area contributed by atoms with E-state index in [1.807, 2.05) is 0 Å². The van der Waals surface area contributed by atoms with Crippen molar-refractivity contribution in [1.82, 2.24) is 13.8 Å². The number of carboxylic acids is 1. The van der Waals surface area contributed by atoms with E-state index >= 15 is 0 Å². The Morgan fingerprint density at radius 3 is 2.24 bits per heavy atom. The fourth-order valence-electron chi connectivity index (χ4n) is 3.69. The monoisotopic (exact) mass is 521 g/mol. The number of carbonyl (C=O) groups is 1. The number of carboxylic acid groups (broad SMARTS) is 1. The summed E-state index contributed by atoms with van der Waals surface area (Å²) < 4.78 is 8.96. The largest absolute Gasteiger partial charge is 0.478 e. The van der Waals surface area contributed by atoms with E-state index in [1.165, 1.54) is 10.6 Å². The van der Waals surface area contributed by atoms with Crippen molar-refractivity contribution < 1.29 is 14.6 Å². The van der Waals surface area contributed by atoms with Crippen molar-refractivity contribution in [1.29, 1.82) is 0 Å². The smallest absolute Gasteiger partial charge is 0.353 e. The van der Waals surface area contributed by atoms with Gasteiger partial charge in [0.1, 0.15) is 11.5 Å². The number of nitrogen functional groups attached to an aromatic ring is 1. The number of aromatic carboxylic acids is 1. The Hall–Kier alpha value is -4.57. The van der Waals surface area contributed by atoms with Crippen LogP contribution in [0.15, 0.2) is 81.3 Å². The summed E-state index contributed by atoms with van der Waals surface area (Å²) in [4.78, 5) is 41.7. The summed E-state index contributed by atoms with van der Waals surface area (Å²) in [6.07, 6.45) is 0. The van der Waals surface area contributed by atoms with Gasteiger partial charge in [-0.1, -0.05) is 29.8 Å². The third-order valence-electron chi connectivity index (χ3n) is 5.67. The highest BCUT2D eigenvalue weighted by atomic mass is 35.5. The van der Waals surface area contributed by atoms with Crippen LogP contribution >= 0.6 is 11.6 Å². The molecular formula is C26H24ClN5O5. The first-order chi connectivity index (χ1) is 17.7. The minimum Gasteiger partial charge on any atom is -0.478 e. The van der Waals surface area contributed by atoms with Crippen molar-refractivity contribution >= 4 is 23.3 Å². The second-order valence-corrected chi connectivity index (χ2v) is 8.62. The molecule has 11 heteroatoms. The Kier molecular flexibility index (Phi) is 7.30. The van der Waals surface area contributed by atoms with Gasteiger partial charge in [0.05, 0.1) is 17.8 Å².